The number of nitrogens with zero attached hydrogens (tertiary/aromatic N) is 4. The molecule has 1 fully saturated rings. The molecule has 0 atom stereocenters. The van der Waals surface area contributed by atoms with Crippen molar-refractivity contribution in [3.8, 4) is 11.5 Å². The van der Waals surface area contributed by atoms with Gasteiger partial charge in [-0.3, -0.25) is 4.99 Å². The van der Waals surface area contributed by atoms with Crippen LogP contribution < -0.4 is 0 Å². The SMILES string of the molecule is C/N=C(\SC)c1ccc(-c2nnc(C3CCN(C(=O)OC(C)(C)C)CC3)o2)cc1. The van der Waals surface area contributed by atoms with Crippen molar-refractivity contribution in [1.82, 2.24) is 15.1 Å². The van der Waals surface area contributed by atoms with Crippen molar-refractivity contribution in [3.05, 3.63) is 35.7 Å². The van der Waals surface area contributed by atoms with E-state index >= 15 is 0 Å². The molecule has 7 nitrogen and oxygen atoms in total. The largest absolute Gasteiger partial charge is 0.444 e. The molecule has 0 saturated carbocycles. The molecule has 1 aliphatic heterocycles. The highest BCUT2D eigenvalue weighted by atomic mass is 32.2. The predicted molar refractivity (Wildman–Crippen MR) is 115 cm³/mol. The second kappa shape index (κ2) is 8.98. The van der Waals surface area contributed by atoms with E-state index in [2.05, 4.69) is 15.2 Å². The highest BCUT2D eigenvalue weighted by Gasteiger charge is 2.30. The van der Waals surface area contributed by atoms with Gasteiger partial charge in [0, 0.05) is 37.2 Å². The first kappa shape index (κ1) is 21.4. The topological polar surface area (TPSA) is 80.8 Å². The molecule has 29 heavy (non-hydrogen) atoms. The van der Waals surface area contributed by atoms with Gasteiger partial charge in [-0.25, -0.2) is 4.79 Å². The highest BCUT2D eigenvalue weighted by molar-refractivity contribution is 8.13. The summed E-state index contributed by atoms with van der Waals surface area (Å²) in [6, 6.07) is 7.97. The molecule has 0 radical (unpaired) electrons. The van der Waals surface area contributed by atoms with E-state index in [-0.39, 0.29) is 12.0 Å². The van der Waals surface area contributed by atoms with Crippen LogP contribution in [0.3, 0.4) is 0 Å². The smallest absolute Gasteiger partial charge is 0.410 e. The number of rotatable bonds is 3. The molecule has 0 spiro atoms. The Hall–Kier alpha value is -2.35. The Morgan fingerprint density at radius 1 is 1.21 bits per heavy atom. The van der Waals surface area contributed by atoms with Gasteiger partial charge in [-0.05, 0) is 52.0 Å². The van der Waals surface area contributed by atoms with Crippen molar-refractivity contribution in [2.75, 3.05) is 26.4 Å². The van der Waals surface area contributed by atoms with Crippen molar-refractivity contribution in [2.24, 2.45) is 4.99 Å². The van der Waals surface area contributed by atoms with Gasteiger partial charge < -0.3 is 14.1 Å². The van der Waals surface area contributed by atoms with Crippen molar-refractivity contribution in [1.29, 1.82) is 0 Å². The number of aromatic nitrogens is 2. The third kappa shape index (κ3) is 5.38. The van der Waals surface area contributed by atoms with Crippen LogP contribution in [-0.4, -0.2) is 58.2 Å². The summed E-state index contributed by atoms with van der Waals surface area (Å²) in [5.74, 6) is 1.30. The summed E-state index contributed by atoms with van der Waals surface area (Å²) < 4.78 is 11.4. The van der Waals surface area contributed by atoms with Gasteiger partial charge in [-0.1, -0.05) is 12.1 Å². The van der Waals surface area contributed by atoms with E-state index in [1.807, 2.05) is 51.3 Å². The molecular weight excluding hydrogens is 388 g/mol. The van der Waals surface area contributed by atoms with Crippen molar-refractivity contribution in [2.45, 2.75) is 45.1 Å². The number of amides is 1. The summed E-state index contributed by atoms with van der Waals surface area (Å²) in [5, 5.41) is 9.46. The molecule has 156 valence electrons. The zero-order chi connectivity index (χ0) is 21.0. The fourth-order valence-electron chi connectivity index (χ4n) is 3.25. The maximum Gasteiger partial charge on any atom is 0.410 e. The van der Waals surface area contributed by atoms with Crippen LogP contribution in [0.4, 0.5) is 4.79 Å². The quantitative estimate of drug-likeness (QED) is 0.538. The number of carbonyl (C=O) groups excluding carboxylic acids is 1. The standard InChI is InChI=1S/C21H28N4O3S/c1-21(2,3)28-20(26)25-12-10-15(11-13-25)18-24-23-17(27-18)14-6-8-16(9-7-14)19(22-4)29-5/h6-9,15H,10-13H2,1-5H3/b22-19-. The van der Waals surface area contributed by atoms with Crippen LogP contribution in [-0.2, 0) is 4.74 Å². The Labute approximate surface area is 175 Å². The van der Waals surface area contributed by atoms with Crippen LogP contribution in [0, 0.1) is 0 Å². The number of hydrogen-bond acceptors (Lipinski definition) is 7. The average molecular weight is 417 g/mol. The summed E-state index contributed by atoms with van der Waals surface area (Å²) in [7, 11) is 1.79. The Balaban J connectivity index is 1.62. The Bertz CT molecular complexity index is 863. The van der Waals surface area contributed by atoms with Gasteiger partial charge >= 0.3 is 6.09 Å². The number of carbonyl (C=O) groups is 1. The van der Waals surface area contributed by atoms with Crippen LogP contribution in [0.1, 0.15) is 51.0 Å². The van der Waals surface area contributed by atoms with Crippen LogP contribution >= 0.6 is 11.8 Å². The fourth-order valence-corrected chi connectivity index (χ4v) is 3.80. The van der Waals surface area contributed by atoms with Crippen molar-refractivity contribution in [3.63, 3.8) is 0 Å². The minimum Gasteiger partial charge on any atom is -0.444 e. The maximum atomic E-state index is 12.2. The summed E-state index contributed by atoms with van der Waals surface area (Å²) in [5.41, 5.74) is 1.47. The Morgan fingerprint density at radius 3 is 2.41 bits per heavy atom. The monoisotopic (exact) mass is 416 g/mol. The predicted octanol–water partition coefficient (Wildman–Crippen LogP) is 4.59. The van der Waals surface area contributed by atoms with Gasteiger partial charge in [-0.2, -0.15) is 0 Å². The third-order valence-electron chi connectivity index (χ3n) is 4.71. The van der Waals surface area contributed by atoms with E-state index in [9.17, 15) is 4.79 Å². The lowest BCUT2D eigenvalue weighted by molar-refractivity contribution is 0.0199. The number of likely N-dealkylation sites (tertiary alicyclic amines) is 1. The lowest BCUT2D eigenvalue weighted by atomic mass is 9.97. The van der Waals surface area contributed by atoms with Gasteiger partial charge in [0.1, 0.15) is 5.60 Å². The van der Waals surface area contributed by atoms with Gasteiger partial charge in [0.05, 0.1) is 5.04 Å². The maximum absolute atomic E-state index is 12.2. The molecule has 0 bridgehead atoms. The van der Waals surface area contributed by atoms with Crippen LogP contribution in [0.25, 0.3) is 11.5 Å². The molecule has 1 aromatic heterocycles. The van der Waals surface area contributed by atoms with Gasteiger partial charge in [0.2, 0.25) is 11.8 Å². The zero-order valence-electron chi connectivity index (χ0n) is 17.6. The Kier molecular flexibility index (Phi) is 6.62. The molecule has 0 aliphatic carbocycles. The van der Waals surface area contributed by atoms with Crippen molar-refractivity contribution >= 4 is 22.9 Å². The summed E-state index contributed by atoms with van der Waals surface area (Å²) in [6.07, 6.45) is 3.31. The second-order valence-corrected chi connectivity index (χ2v) is 8.79. The summed E-state index contributed by atoms with van der Waals surface area (Å²) in [4.78, 5) is 18.2. The van der Waals surface area contributed by atoms with Crippen molar-refractivity contribution < 1.29 is 13.9 Å². The molecule has 0 unspecified atom stereocenters. The lowest BCUT2D eigenvalue weighted by Crippen LogP contribution is -2.41. The molecule has 1 aliphatic rings. The molecule has 3 rings (SSSR count). The molecule has 1 aromatic carbocycles. The first-order chi connectivity index (χ1) is 13.8. The number of piperidine rings is 1. The molecule has 1 amide bonds. The Morgan fingerprint density at radius 2 is 1.86 bits per heavy atom. The van der Waals surface area contributed by atoms with E-state index in [0.29, 0.717) is 24.9 Å². The van der Waals surface area contributed by atoms with Gasteiger partial charge in [-0.15, -0.1) is 22.0 Å². The van der Waals surface area contributed by atoms with E-state index < -0.39 is 5.60 Å². The first-order valence-corrected chi connectivity index (χ1v) is 11.0. The first-order valence-electron chi connectivity index (χ1n) is 9.73. The van der Waals surface area contributed by atoms with Crippen LogP contribution in [0.2, 0.25) is 0 Å². The normalized spacial score (nSPS) is 16.2. The number of benzene rings is 1. The van der Waals surface area contributed by atoms with E-state index in [4.69, 9.17) is 9.15 Å². The molecular formula is C21H28N4O3S. The zero-order valence-corrected chi connectivity index (χ0v) is 18.5. The van der Waals surface area contributed by atoms with E-state index in [1.165, 1.54) is 0 Å². The van der Waals surface area contributed by atoms with Gasteiger partial charge in [0.15, 0.2) is 0 Å². The van der Waals surface area contributed by atoms with E-state index in [1.54, 1.807) is 23.7 Å². The second-order valence-electron chi connectivity index (χ2n) is 8.00. The molecule has 0 N–H and O–H groups in total. The lowest BCUT2D eigenvalue weighted by Gasteiger charge is -2.32. The minimum absolute atomic E-state index is 0.157. The highest BCUT2D eigenvalue weighted by Crippen LogP contribution is 2.30. The number of thioether (sulfide) groups is 1. The minimum atomic E-state index is -0.482. The fraction of sp³-hybridized carbons (Fsp3) is 0.524. The van der Waals surface area contributed by atoms with Crippen LogP contribution in [0.5, 0.6) is 0 Å². The number of aliphatic imine (C=N–C) groups is 1. The molecule has 2 heterocycles. The molecule has 8 heteroatoms. The van der Waals surface area contributed by atoms with E-state index in [0.717, 1.165) is 29.0 Å². The molecule has 1 saturated heterocycles. The third-order valence-corrected chi connectivity index (χ3v) is 5.52. The van der Waals surface area contributed by atoms with Gasteiger partial charge in [0.25, 0.3) is 0 Å². The van der Waals surface area contributed by atoms with Crippen LogP contribution in [0.15, 0.2) is 33.7 Å². The molecule has 2 aromatic rings. The average Bonchev–Trinajstić information content (AvgIpc) is 3.18. The number of ether oxygens (including phenoxy) is 1. The summed E-state index contributed by atoms with van der Waals surface area (Å²) >= 11 is 1.61. The number of hydrogen-bond donors (Lipinski definition) is 0. The summed E-state index contributed by atoms with van der Waals surface area (Å²) in [6.45, 7) is 6.88.